The fourth-order valence-electron chi connectivity index (χ4n) is 2.20. The summed E-state index contributed by atoms with van der Waals surface area (Å²) in [5, 5.41) is 4.87. The molecule has 0 aliphatic carbocycles. The van der Waals surface area contributed by atoms with E-state index in [1.807, 2.05) is 7.05 Å². The van der Waals surface area contributed by atoms with Gasteiger partial charge in [0.15, 0.2) is 0 Å². The highest BCUT2D eigenvalue weighted by Gasteiger charge is 2.14. The van der Waals surface area contributed by atoms with E-state index in [9.17, 15) is 4.79 Å². The van der Waals surface area contributed by atoms with E-state index >= 15 is 0 Å². The van der Waals surface area contributed by atoms with Crippen LogP contribution in [-0.4, -0.2) is 26.8 Å². The standard InChI is InChI=1S/C16H13Cl2N5O/c1-22(10-12-8-19-6-7-20-12)14-9-21-23(16(24)15(14)18)13-4-2-11(17)3-5-13/h2-9H,10H2,1H3. The summed E-state index contributed by atoms with van der Waals surface area (Å²) in [6.45, 7) is 0.458. The molecule has 122 valence electrons. The van der Waals surface area contributed by atoms with Gasteiger partial charge >= 0.3 is 0 Å². The van der Waals surface area contributed by atoms with Crippen LogP contribution in [0.1, 0.15) is 5.69 Å². The molecule has 0 atom stereocenters. The first-order valence-electron chi connectivity index (χ1n) is 7.06. The Kier molecular flexibility index (Phi) is 4.78. The highest BCUT2D eigenvalue weighted by atomic mass is 35.5. The Morgan fingerprint density at radius 3 is 2.54 bits per heavy atom. The largest absolute Gasteiger partial charge is 0.366 e. The first kappa shape index (κ1) is 16.4. The van der Waals surface area contributed by atoms with Crippen molar-refractivity contribution in [3.05, 3.63) is 75.1 Å². The maximum Gasteiger partial charge on any atom is 0.292 e. The molecule has 3 rings (SSSR count). The summed E-state index contributed by atoms with van der Waals surface area (Å²) < 4.78 is 1.23. The summed E-state index contributed by atoms with van der Waals surface area (Å²) in [6.07, 6.45) is 6.42. The maximum absolute atomic E-state index is 12.5. The van der Waals surface area contributed by atoms with Crippen molar-refractivity contribution in [1.82, 2.24) is 19.7 Å². The molecule has 2 aromatic heterocycles. The van der Waals surface area contributed by atoms with Gasteiger partial charge in [-0.15, -0.1) is 0 Å². The summed E-state index contributed by atoms with van der Waals surface area (Å²) in [6, 6.07) is 6.78. The van der Waals surface area contributed by atoms with Crippen LogP contribution < -0.4 is 10.5 Å². The lowest BCUT2D eigenvalue weighted by molar-refractivity contribution is 0.790. The van der Waals surface area contributed by atoms with Crippen LogP contribution in [0.2, 0.25) is 10.0 Å². The van der Waals surface area contributed by atoms with Gasteiger partial charge in [-0.05, 0) is 24.3 Å². The smallest absolute Gasteiger partial charge is 0.292 e. The third kappa shape index (κ3) is 3.39. The molecule has 0 bridgehead atoms. The van der Waals surface area contributed by atoms with Crippen molar-refractivity contribution in [2.24, 2.45) is 0 Å². The Bertz CT molecular complexity index is 897. The maximum atomic E-state index is 12.5. The van der Waals surface area contributed by atoms with Crippen LogP contribution in [0.15, 0.2) is 53.8 Å². The van der Waals surface area contributed by atoms with Gasteiger partial charge in [0.2, 0.25) is 0 Å². The summed E-state index contributed by atoms with van der Waals surface area (Å²) in [4.78, 5) is 22.5. The molecule has 0 saturated heterocycles. The van der Waals surface area contributed by atoms with E-state index < -0.39 is 5.56 Å². The van der Waals surface area contributed by atoms with E-state index in [4.69, 9.17) is 23.2 Å². The second kappa shape index (κ2) is 6.98. The second-order valence-electron chi connectivity index (χ2n) is 5.09. The Labute approximate surface area is 148 Å². The fourth-order valence-corrected chi connectivity index (χ4v) is 2.60. The zero-order valence-corrected chi connectivity index (χ0v) is 14.2. The first-order chi connectivity index (χ1) is 11.6. The Balaban J connectivity index is 1.92. The molecular weight excluding hydrogens is 349 g/mol. The normalized spacial score (nSPS) is 10.6. The molecule has 1 aromatic carbocycles. The van der Waals surface area contributed by atoms with Gasteiger partial charge in [-0.3, -0.25) is 14.8 Å². The minimum Gasteiger partial charge on any atom is -0.366 e. The second-order valence-corrected chi connectivity index (χ2v) is 5.90. The molecule has 0 saturated carbocycles. The van der Waals surface area contributed by atoms with Gasteiger partial charge in [0, 0.05) is 24.5 Å². The van der Waals surface area contributed by atoms with Crippen molar-refractivity contribution in [3.8, 4) is 5.69 Å². The minimum absolute atomic E-state index is 0.0892. The van der Waals surface area contributed by atoms with Gasteiger partial charge in [0.1, 0.15) is 5.02 Å². The van der Waals surface area contributed by atoms with Crippen LogP contribution in [0.3, 0.4) is 0 Å². The summed E-state index contributed by atoms with van der Waals surface area (Å²) in [7, 11) is 1.81. The number of anilines is 1. The van der Waals surface area contributed by atoms with E-state index in [1.54, 1.807) is 54.0 Å². The molecule has 24 heavy (non-hydrogen) atoms. The van der Waals surface area contributed by atoms with Crippen LogP contribution >= 0.6 is 23.2 Å². The van der Waals surface area contributed by atoms with Crippen LogP contribution in [0.5, 0.6) is 0 Å². The van der Waals surface area contributed by atoms with E-state index in [-0.39, 0.29) is 5.02 Å². The lowest BCUT2D eigenvalue weighted by Gasteiger charge is -2.19. The Hall–Kier alpha value is -2.44. The van der Waals surface area contributed by atoms with E-state index in [1.165, 1.54) is 4.68 Å². The third-order valence-corrected chi connectivity index (χ3v) is 4.01. The first-order valence-corrected chi connectivity index (χ1v) is 7.81. The molecule has 0 aliphatic rings. The van der Waals surface area contributed by atoms with Gasteiger partial charge in [0.05, 0.1) is 36.0 Å². The molecule has 0 aliphatic heterocycles. The Morgan fingerprint density at radius 2 is 1.88 bits per heavy atom. The van der Waals surface area contributed by atoms with Gasteiger partial charge in [0.25, 0.3) is 5.56 Å². The molecule has 0 N–H and O–H groups in total. The van der Waals surface area contributed by atoms with E-state index in [0.717, 1.165) is 5.69 Å². The number of hydrogen-bond donors (Lipinski definition) is 0. The van der Waals surface area contributed by atoms with Gasteiger partial charge in [-0.25, -0.2) is 0 Å². The SMILES string of the molecule is CN(Cc1cnccn1)c1cnn(-c2ccc(Cl)cc2)c(=O)c1Cl. The average Bonchev–Trinajstić information content (AvgIpc) is 2.59. The highest BCUT2D eigenvalue weighted by molar-refractivity contribution is 6.33. The summed E-state index contributed by atoms with van der Waals surface area (Å²) >= 11 is 12.1. The van der Waals surface area contributed by atoms with Crippen molar-refractivity contribution < 1.29 is 0 Å². The predicted molar refractivity (Wildman–Crippen MR) is 94.0 cm³/mol. The van der Waals surface area contributed by atoms with Crippen LogP contribution in [-0.2, 0) is 6.54 Å². The number of nitrogens with zero attached hydrogens (tertiary/aromatic N) is 5. The quantitative estimate of drug-likeness (QED) is 0.714. The molecule has 8 heteroatoms. The van der Waals surface area contributed by atoms with Crippen LogP contribution in [0.4, 0.5) is 5.69 Å². The zero-order chi connectivity index (χ0) is 17.1. The number of benzene rings is 1. The summed E-state index contributed by atoms with van der Waals surface area (Å²) in [5.41, 5.74) is 1.48. The number of rotatable bonds is 4. The van der Waals surface area contributed by atoms with Crippen molar-refractivity contribution >= 4 is 28.9 Å². The van der Waals surface area contributed by atoms with Gasteiger partial charge in [-0.2, -0.15) is 9.78 Å². The number of halogens is 2. The van der Waals surface area contributed by atoms with Crippen LogP contribution in [0, 0.1) is 0 Å². The molecule has 0 unspecified atom stereocenters. The number of hydrogen-bond acceptors (Lipinski definition) is 5. The monoisotopic (exact) mass is 361 g/mol. The van der Waals surface area contributed by atoms with Crippen molar-refractivity contribution in [3.63, 3.8) is 0 Å². The third-order valence-electron chi connectivity index (χ3n) is 3.40. The van der Waals surface area contributed by atoms with E-state index in [2.05, 4.69) is 15.1 Å². The molecule has 0 spiro atoms. The molecule has 6 nitrogen and oxygen atoms in total. The van der Waals surface area contributed by atoms with Crippen LogP contribution in [0.25, 0.3) is 5.69 Å². The average molecular weight is 362 g/mol. The molecule has 0 fully saturated rings. The minimum atomic E-state index is -0.400. The van der Waals surface area contributed by atoms with E-state index in [0.29, 0.717) is 22.9 Å². The van der Waals surface area contributed by atoms with Crippen molar-refractivity contribution in [2.75, 3.05) is 11.9 Å². The molecule has 0 radical (unpaired) electrons. The van der Waals surface area contributed by atoms with Gasteiger partial charge < -0.3 is 4.90 Å². The van der Waals surface area contributed by atoms with Crippen molar-refractivity contribution in [1.29, 1.82) is 0 Å². The summed E-state index contributed by atoms with van der Waals surface area (Å²) in [5.74, 6) is 0. The lowest BCUT2D eigenvalue weighted by atomic mass is 10.3. The Morgan fingerprint density at radius 1 is 1.12 bits per heavy atom. The van der Waals surface area contributed by atoms with Gasteiger partial charge in [-0.1, -0.05) is 23.2 Å². The zero-order valence-electron chi connectivity index (χ0n) is 12.7. The number of aromatic nitrogens is 4. The predicted octanol–water partition coefficient (Wildman–Crippen LogP) is 2.97. The fraction of sp³-hybridized carbons (Fsp3) is 0.125. The molecular formula is C16H13Cl2N5O. The molecule has 3 aromatic rings. The lowest BCUT2D eigenvalue weighted by Crippen LogP contribution is -2.26. The van der Waals surface area contributed by atoms with Crippen molar-refractivity contribution in [2.45, 2.75) is 6.54 Å². The topological polar surface area (TPSA) is 63.9 Å². The molecule has 0 amide bonds. The molecule has 2 heterocycles. The highest BCUT2D eigenvalue weighted by Crippen LogP contribution is 2.22.